The summed E-state index contributed by atoms with van der Waals surface area (Å²) in [5.41, 5.74) is 3.13. The number of allylic oxidation sites excluding steroid dienone is 1. The number of nitrogens with zero attached hydrogens (tertiary/aromatic N) is 2. The van der Waals surface area contributed by atoms with Crippen molar-refractivity contribution in [2.45, 2.75) is 0 Å². The Balaban J connectivity index is 2.74. The van der Waals surface area contributed by atoms with E-state index < -0.39 is 0 Å². The topological polar surface area (TPSA) is 25.8 Å². The van der Waals surface area contributed by atoms with Gasteiger partial charge in [0.15, 0.2) is 0 Å². The molecule has 4 heteroatoms. The molecule has 0 fully saturated rings. The second kappa shape index (κ2) is 4.01. The second-order valence-corrected chi connectivity index (χ2v) is 4.35. The molecular formula is C13H6Cl2N2. The maximum Gasteiger partial charge on any atom is 0.129 e. The van der Waals surface area contributed by atoms with E-state index in [4.69, 9.17) is 23.2 Å². The lowest BCUT2D eigenvalue weighted by atomic mass is 10.3. The lowest BCUT2D eigenvalue weighted by molar-refractivity contribution is 1.12. The van der Waals surface area contributed by atoms with Crippen LogP contribution in [-0.2, 0) is 0 Å². The molecule has 82 valence electrons. The molecule has 0 radical (unpaired) electrons. The molecule has 0 atom stereocenters. The number of pyridine rings is 2. The summed E-state index contributed by atoms with van der Waals surface area (Å²) in [4.78, 5) is 8.61. The van der Waals surface area contributed by atoms with E-state index in [1.54, 1.807) is 12.1 Å². The molecule has 0 aromatic carbocycles. The van der Waals surface area contributed by atoms with Gasteiger partial charge in [0.1, 0.15) is 15.7 Å². The van der Waals surface area contributed by atoms with Gasteiger partial charge in [0.2, 0.25) is 0 Å². The highest BCUT2D eigenvalue weighted by Crippen LogP contribution is 2.02. The fourth-order valence-corrected chi connectivity index (χ4v) is 2.02. The zero-order valence-electron chi connectivity index (χ0n) is 8.61. The predicted octanol–water partition coefficient (Wildman–Crippen LogP) is 1.80. The van der Waals surface area contributed by atoms with Crippen molar-refractivity contribution in [3.8, 4) is 0 Å². The molecule has 2 nitrogen and oxygen atoms in total. The molecule has 0 N–H and O–H groups in total. The highest BCUT2D eigenvalue weighted by Gasteiger charge is 1.98. The van der Waals surface area contributed by atoms with Crippen molar-refractivity contribution in [3.63, 3.8) is 0 Å². The van der Waals surface area contributed by atoms with E-state index in [0.29, 0.717) is 15.7 Å². The quantitative estimate of drug-likeness (QED) is 0.676. The number of halogens is 2. The number of fused-ring (bicyclic) bond motifs is 2. The molecule has 2 heterocycles. The zero-order chi connectivity index (χ0) is 11.8. The Morgan fingerprint density at radius 1 is 0.882 bits per heavy atom. The summed E-state index contributed by atoms with van der Waals surface area (Å²) in [6.45, 7) is 0. The predicted molar refractivity (Wildman–Crippen MR) is 67.9 cm³/mol. The molecule has 0 unspecified atom stereocenters. The van der Waals surface area contributed by atoms with Crippen molar-refractivity contribution >= 4 is 35.0 Å². The second-order valence-electron chi connectivity index (χ2n) is 3.58. The fourth-order valence-electron chi connectivity index (χ4n) is 1.72. The molecule has 0 saturated heterocycles. The number of hydrogen-bond acceptors (Lipinski definition) is 2. The molecule has 0 spiro atoms. The normalized spacial score (nSPS) is 11.9. The molecule has 0 amide bonds. The summed E-state index contributed by atoms with van der Waals surface area (Å²) in [7, 11) is 0. The van der Waals surface area contributed by atoms with Crippen molar-refractivity contribution in [2.75, 3.05) is 0 Å². The number of aromatic nitrogens is 2. The Labute approximate surface area is 107 Å². The highest BCUT2D eigenvalue weighted by atomic mass is 35.5. The summed E-state index contributed by atoms with van der Waals surface area (Å²) >= 11 is 11.8. The summed E-state index contributed by atoms with van der Waals surface area (Å²) in [5, 5.41) is 4.12. The summed E-state index contributed by atoms with van der Waals surface area (Å²) in [6.07, 6.45) is 3.77. The van der Waals surface area contributed by atoms with E-state index in [9.17, 15) is 0 Å². The van der Waals surface area contributed by atoms with Gasteiger partial charge in [-0.2, -0.15) is 0 Å². The molecule has 1 aliphatic carbocycles. The van der Waals surface area contributed by atoms with E-state index in [0.717, 1.165) is 15.8 Å². The van der Waals surface area contributed by atoms with Gasteiger partial charge >= 0.3 is 0 Å². The van der Waals surface area contributed by atoms with Crippen LogP contribution in [0.1, 0.15) is 0 Å². The van der Waals surface area contributed by atoms with Gasteiger partial charge < -0.3 is 0 Å². The number of hydrogen-bond donors (Lipinski definition) is 0. The first-order valence-electron chi connectivity index (χ1n) is 5.00. The van der Waals surface area contributed by atoms with Gasteiger partial charge in [-0.1, -0.05) is 23.2 Å². The van der Waals surface area contributed by atoms with Crippen LogP contribution < -0.4 is 10.4 Å². The Hall–Kier alpha value is -1.60. The third-order valence-electron chi connectivity index (χ3n) is 2.48. The first-order chi connectivity index (χ1) is 8.24. The van der Waals surface area contributed by atoms with Gasteiger partial charge in [-0.05, 0) is 36.4 Å². The van der Waals surface area contributed by atoms with Crippen molar-refractivity contribution in [1.29, 1.82) is 0 Å². The van der Waals surface area contributed by atoms with Crippen LogP contribution in [0.15, 0.2) is 30.3 Å². The van der Waals surface area contributed by atoms with Gasteiger partial charge in [0.05, 0.1) is 5.35 Å². The standard InChI is InChI=1S/C13H6Cl2N2/c14-10-6-4-8-2-1-3-9-5-7-11(15)17-13(9)12(8)16-10/h1-2,4-7H. The van der Waals surface area contributed by atoms with E-state index in [2.05, 4.69) is 15.7 Å². The lowest BCUT2D eigenvalue weighted by Gasteiger charge is -1.93. The van der Waals surface area contributed by atoms with Gasteiger partial charge in [0, 0.05) is 10.4 Å². The number of rotatable bonds is 0. The molecule has 0 aliphatic heterocycles. The smallest absolute Gasteiger partial charge is 0.129 e. The van der Waals surface area contributed by atoms with Crippen molar-refractivity contribution in [2.24, 2.45) is 0 Å². The summed E-state index contributed by atoms with van der Waals surface area (Å²) in [6, 6.07) is 7.25. The van der Waals surface area contributed by atoms with Gasteiger partial charge in [-0.25, -0.2) is 9.97 Å². The van der Waals surface area contributed by atoms with Crippen LogP contribution in [0.5, 0.6) is 0 Å². The van der Waals surface area contributed by atoms with Crippen LogP contribution in [0.25, 0.3) is 11.8 Å². The lowest BCUT2D eigenvalue weighted by Crippen LogP contribution is -2.11. The van der Waals surface area contributed by atoms with E-state index in [1.807, 2.05) is 24.3 Å². The van der Waals surface area contributed by atoms with Crippen molar-refractivity contribution in [1.82, 2.24) is 9.97 Å². The third kappa shape index (κ3) is 1.87. The Morgan fingerprint density at radius 3 is 2.41 bits per heavy atom. The molecule has 3 rings (SSSR count). The van der Waals surface area contributed by atoms with Gasteiger partial charge in [0.25, 0.3) is 0 Å². The van der Waals surface area contributed by atoms with Crippen LogP contribution in [0.2, 0.25) is 10.3 Å². The monoisotopic (exact) mass is 260 g/mol. The van der Waals surface area contributed by atoms with Crippen molar-refractivity contribution in [3.05, 3.63) is 61.8 Å². The zero-order valence-corrected chi connectivity index (χ0v) is 10.1. The molecular weight excluding hydrogens is 255 g/mol. The summed E-state index contributed by atoms with van der Waals surface area (Å²) < 4.78 is 0. The molecule has 17 heavy (non-hydrogen) atoms. The third-order valence-corrected chi connectivity index (χ3v) is 2.90. The first kappa shape index (κ1) is 10.5. The van der Waals surface area contributed by atoms with Crippen LogP contribution >= 0.6 is 23.2 Å². The van der Waals surface area contributed by atoms with Crippen LogP contribution in [-0.4, -0.2) is 9.97 Å². The van der Waals surface area contributed by atoms with Gasteiger partial charge in [-0.15, -0.1) is 5.73 Å². The van der Waals surface area contributed by atoms with Crippen molar-refractivity contribution < 1.29 is 0 Å². The van der Waals surface area contributed by atoms with Crippen LogP contribution in [0.4, 0.5) is 0 Å². The molecule has 0 bridgehead atoms. The maximum absolute atomic E-state index is 5.92. The molecule has 1 aliphatic rings. The molecule has 2 aromatic rings. The molecule has 0 saturated carbocycles. The van der Waals surface area contributed by atoms with Crippen LogP contribution in [0, 0.1) is 10.7 Å². The molecule has 2 aromatic heterocycles. The summed E-state index contributed by atoms with van der Waals surface area (Å²) in [5.74, 6) is 0. The average molecular weight is 261 g/mol. The average Bonchev–Trinajstić information content (AvgIpc) is 2.48. The minimum Gasteiger partial charge on any atom is -0.234 e. The minimum atomic E-state index is 0.431. The Kier molecular flexibility index (Phi) is 2.49. The highest BCUT2D eigenvalue weighted by molar-refractivity contribution is 6.29. The van der Waals surface area contributed by atoms with E-state index in [1.165, 1.54) is 0 Å². The van der Waals surface area contributed by atoms with Crippen LogP contribution in [0.3, 0.4) is 0 Å². The Bertz CT molecular complexity index is 850. The Morgan fingerprint density at radius 2 is 1.59 bits per heavy atom. The largest absolute Gasteiger partial charge is 0.234 e. The first-order valence-corrected chi connectivity index (χ1v) is 5.76. The minimum absolute atomic E-state index is 0.431. The SMILES string of the molecule is Clc1ccc2c(n1)=c1nc(Cl)ccc1=CC=C=2. The van der Waals surface area contributed by atoms with E-state index >= 15 is 0 Å². The van der Waals surface area contributed by atoms with Gasteiger partial charge in [-0.3, -0.25) is 0 Å². The maximum atomic E-state index is 5.92. The van der Waals surface area contributed by atoms with E-state index in [-0.39, 0.29) is 0 Å². The fraction of sp³-hybridized carbons (Fsp3) is 0.